The SMILES string of the molecule is NC1CCC(C[NH+]2C=CCS2)CC1. The molecule has 1 aliphatic heterocycles. The van der Waals surface area contributed by atoms with Gasteiger partial charge in [0.05, 0.1) is 24.2 Å². The van der Waals surface area contributed by atoms with Crippen molar-refractivity contribution < 1.29 is 4.31 Å². The number of nitrogens with one attached hydrogen (secondary N) is 1. The molecule has 1 fully saturated rings. The molecule has 0 saturated heterocycles. The van der Waals surface area contributed by atoms with Crippen LogP contribution in [0.1, 0.15) is 25.7 Å². The van der Waals surface area contributed by atoms with Gasteiger partial charge in [-0.1, -0.05) is 0 Å². The van der Waals surface area contributed by atoms with Crippen LogP contribution in [0.5, 0.6) is 0 Å². The van der Waals surface area contributed by atoms with Crippen molar-refractivity contribution >= 4 is 11.9 Å². The first-order chi connectivity index (χ1) is 6.34. The Morgan fingerprint density at radius 2 is 2.08 bits per heavy atom. The molecule has 0 radical (unpaired) electrons. The maximum Gasteiger partial charge on any atom is 0.103 e. The third-order valence-electron chi connectivity index (χ3n) is 3.05. The van der Waals surface area contributed by atoms with Crippen LogP contribution < -0.4 is 10.0 Å². The van der Waals surface area contributed by atoms with Crippen LogP contribution in [0.15, 0.2) is 12.3 Å². The van der Waals surface area contributed by atoms with Crippen molar-refractivity contribution in [1.82, 2.24) is 0 Å². The third-order valence-corrected chi connectivity index (χ3v) is 4.08. The van der Waals surface area contributed by atoms with Crippen LogP contribution in [0, 0.1) is 5.92 Å². The average Bonchev–Trinajstić information content (AvgIpc) is 2.62. The summed E-state index contributed by atoms with van der Waals surface area (Å²) >= 11 is 2.01. The lowest BCUT2D eigenvalue weighted by molar-refractivity contribution is -0.696. The molecular formula is C10H19N2S+. The Morgan fingerprint density at radius 1 is 1.31 bits per heavy atom. The molecule has 0 aromatic heterocycles. The molecule has 2 nitrogen and oxygen atoms in total. The largest absolute Gasteiger partial charge is 0.328 e. The van der Waals surface area contributed by atoms with Crippen molar-refractivity contribution in [2.45, 2.75) is 31.7 Å². The lowest BCUT2D eigenvalue weighted by atomic mass is 9.86. The van der Waals surface area contributed by atoms with Gasteiger partial charge in [-0.25, -0.2) is 4.31 Å². The summed E-state index contributed by atoms with van der Waals surface area (Å²) in [6.07, 6.45) is 9.75. The molecule has 0 bridgehead atoms. The molecule has 1 aliphatic carbocycles. The van der Waals surface area contributed by atoms with Gasteiger partial charge in [0.1, 0.15) is 6.20 Å². The predicted molar refractivity (Wildman–Crippen MR) is 57.4 cm³/mol. The Bertz CT molecular complexity index is 185. The van der Waals surface area contributed by atoms with Crippen molar-refractivity contribution in [2.24, 2.45) is 11.7 Å². The summed E-state index contributed by atoms with van der Waals surface area (Å²) in [6.45, 7) is 1.31. The second-order valence-electron chi connectivity index (χ2n) is 4.16. The van der Waals surface area contributed by atoms with Crippen LogP contribution in [0.3, 0.4) is 0 Å². The number of hydrogen-bond donors (Lipinski definition) is 2. The molecule has 0 spiro atoms. The zero-order chi connectivity index (χ0) is 9.10. The summed E-state index contributed by atoms with van der Waals surface area (Å²) in [5.41, 5.74) is 5.88. The minimum atomic E-state index is 0.494. The zero-order valence-corrected chi connectivity index (χ0v) is 8.85. The summed E-state index contributed by atoms with van der Waals surface area (Å²) < 4.78 is 1.60. The number of rotatable bonds is 2. The first-order valence-corrected chi connectivity index (χ1v) is 6.24. The van der Waals surface area contributed by atoms with Crippen LogP contribution in [-0.4, -0.2) is 18.3 Å². The zero-order valence-electron chi connectivity index (χ0n) is 8.04. The molecule has 2 rings (SSSR count). The highest BCUT2D eigenvalue weighted by molar-refractivity contribution is 7.93. The van der Waals surface area contributed by atoms with Gasteiger partial charge in [-0.2, -0.15) is 0 Å². The first kappa shape index (κ1) is 9.56. The average molecular weight is 199 g/mol. The van der Waals surface area contributed by atoms with Crippen molar-refractivity contribution in [3.8, 4) is 0 Å². The van der Waals surface area contributed by atoms with Crippen LogP contribution in [0.4, 0.5) is 0 Å². The van der Waals surface area contributed by atoms with Crippen LogP contribution in [-0.2, 0) is 0 Å². The fourth-order valence-electron chi connectivity index (χ4n) is 2.19. The highest BCUT2D eigenvalue weighted by Crippen LogP contribution is 2.22. The minimum absolute atomic E-state index is 0.494. The third kappa shape index (κ3) is 2.73. The number of hydrogen-bond acceptors (Lipinski definition) is 2. The maximum absolute atomic E-state index is 5.88. The van der Waals surface area contributed by atoms with E-state index in [0.29, 0.717) is 6.04 Å². The fraction of sp³-hybridized carbons (Fsp3) is 0.800. The minimum Gasteiger partial charge on any atom is -0.328 e. The Labute approximate surface area is 84.7 Å². The van der Waals surface area contributed by atoms with E-state index < -0.39 is 0 Å². The van der Waals surface area contributed by atoms with Gasteiger partial charge in [0.25, 0.3) is 0 Å². The van der Waals surface area contributed by atoms with Crippen molar-refractivity contribution in [1.29, 1.82) is 0 Å². The topological polar surface area (TPSA) is 30.5 Å². The monoisotopic (exact) mass is 199 g/mol. The van der Waals surface area contributed by atoms with E-state index in [0.717, 1.165) is 5.92 Å². The van der Waals surface area contributed by atoms with Crippen LogP contribution >= 0.6 is 11.9 Å². The highest BCUT2D eigenvalue weighted by Gasteiger charge is 2.23. The summed E-state index contributed by atoms with van der Waals surface area (Å²) in [6, 6.07) is 0.494. The van der Waals surface area contributed by atoms with Gasteiger partial charge in [0.15, 0.2) is 0 Å². The first-order valence-electron chi connectivity index (χ1n) is 5.25. The molecule has 13 heavy (non-hydrogen) atoms. The summed E-state index contributed by atoms with van der Waals surface area (Å²) in [5.74, 6) is 2.12. The van der Waals surface area contributed by atoms with Crippen LogP contribution in [0.2, 0.25) is 0 Å². The van der Waals surface area contributed by atoms with Gasteiger partial charge in [-0.15, -0.1) is 0 Å². The van der Waals surface area contributed by atoms with E-state index in [2.05, 4.69) is 12.3 Å². The van der Waals surface area contributed by atoms with Crippen molar-refractivity contribution in [3.05, 3.63) is 12.3 Å². The number of nitrogens with two attached hydrogens (primary N) is 1. The summed E-state index contributed by atoms with van der Waals surface area (Å²) in [7, 11) is 0. The summed E-state index contributed by atoms with van der Waals surface area (Å²) in [4.78, 5) is 0. The molecular weight excluding hydrogens is 180 g/mol. The second kappa shape index (κ2) is 4.49. The molecule has 0 aromatic carbocycles. The van der Waals surface area contributed by atoms with E-state index in [1.807, 2.05) is 11.9 Å². The van der Waals surface area contributed by atoms with E-state index in [-0.39, 0.29) is 0 Å². The summed E-state index contributed by atoms with van der Waals surface area (Å²) in [5, 5.41) is 0. The van der Waals surface area contributed by atoms with Gasteiger partial charge in [-0.05, 0) is 31.8 Å². The normalized spacial score (nSPS) is 39.6. The molecule has 1 heterocycles. The van der Waals surface area contributed by atoms with E-state index in [1.165, 1.54) is 38.0 Å². The van der Waals surface area contributed by atoms with Gasteiger partial charge in [0.2, 0.25) is 0 Å². The molecule has 0 aromatic rings. The van der Waals surface area contributed by atoms with E-state index in [9.17, 15) is 0 Å². The van der Waals surface area contributed by atoms with Gasteiger partial charge < -0.3 is 5.73 Å². The molecule has 0 amide bonds. The van der Waals surface area contributed by atoms with Gasteiger partial charge in [0, 0.05) is 12.0 Å². The Morgan fingerprint density at radius 3 is 2.69 bits per heavy atom. The van der Waals surface area contributed by atoms with Crippen molar-refractivity contribution in [3.63, 3.8) is 0 Å². The van der Waals surface area contributed by atoms with Gasteiger partial charge in [-0.3, -0.25) is 0 Å². The highest BCUT2D eigenvalue weighted by atomic mass is 32.2. The van der Waals surface area contributed by atoms with E-state index in [1.54, 1.807) is 4.31 Å². The Kier molecular flexibility index (Phi) is 3.30. The number of quaternary nitrogens is 1. The molecule has 1 unspecified atom stereocenters. The molecule has 3 heteroatoms. The maximum atomic E-state index is 5.88. The fourth-order valence-corrected chi connectivity index (χ4v) is 3.14. The Balaban J connectivity index is 1.72. The molecule has 3 N–H and O–H groups in total. The molecule has 1 saturated carbocycles. The Hall–Kier alpha value is 0.01000. The standard InChI is InChI=1S/C10H18N2S/c11-10-4-2-9(3-5-10)8-12-6-1-7-13-12/h1,6,9-10H,2-5,7-8,11H2/p+1. The molecule has 74 valence electrons. The van der Waals surface area contributed by atoms with Gasteiger partial charge >= 0.3 is 0 Å². The quantitative estimate of drug-likeness (QED) is 0.637. The van der Waals surface area contributed by atoms with Crippen LogP contribution in [0.25, 0.3) is 0 Å². The predicted octanol–water partition coefficient (Wildman–Crippen LogP) is 0.564. The molecule has 1 atom stereocenters. The lowest BCUT2D eigenvalue weighted by Crippen LogP contribution is -3.00. The second-order valence-corrected chi connectivity index (χ2v) is 5.31. The van der Waals surface area contributed by atoms with E-state index in [4.69, 9.17) is 5.73 Å². The smallest absolute Gasteiger partial charge is 0.103 e. The van der Waals surface area contributed by atoms with Crippen molar-refractivity contribution in [2.75, 3.05) is 12.3 Å². The van der Waals surface area contributed by atoms with E-state index >= 15 is 0 Å². The lowest BCUT2D eigenvalue weighted by Gasteiger charge is -2.26. The molecule has 2 aliphatic rings.